The average molecular weight is 538 g/mol. The zero-order valence-corrected chi connectivity index (χ0v) is 24.6. The van der Waals surface area contributed by atoms with Gasteiger partial charge in [0.15, 0.2) is 0 Å². The Hall–Kier alpha value is -2.71. The van der Waals surface area contributed by atoms with Crippen molar-refractivity contribution in [2.45, 2.75) is 77.9 Å². The van der Waals surface area contributed by atoms with Crippen LogP contribution in [0.3, 0.4) is 0 Å². The van der Waals surface area contributed by atoms with Crippen molar-refractivity contribution in [3.63, 3.8) is 0 Å². The fourth-order valence-electron chi connectivity index (χ4n) is 5.56. The van der Waals surface area contributed by atoms with Crippen LogP contribution in [0.4, 0.5) is 0 Å². The van der Waals surface area contributed by atoms with Crippen LogP contribution >= 0.6 is 11.3 Å². The Morgan fingerprint density at radius 2 is 1.95 bits per heavy atom. The van der Waals surface area contributed by atoms with Gasteiger partial charge in [0.1, 0.15) is 11.9 Å². The second-order valence-corrected chi connectivity index (χ2v) is 12.2. The van der Waals surface area contributed by atoms with E-state index in [4.69, 9.17) is 4.98 Å². The van der Waals surface area contributed by atoms with Gasteiger partial charge in [-0.25, -0.2) is 4.98 Å². The van der Waals surface area contributed by atoms with Gasteiger partial charge in [0.2, 0.25) is 5.91 Å². The summed E-state index contributed by atoms with van der Waals surface area (Å²) < 4.78 is 2.36. The van der Waals surface area contributed by atoms with Crippen LogP contribution < -0.4 is 5.32 Å². The van der Waals surface area contributed by atoms with Gasteiger partial charge in [0.25, 0.3) is 5.91 Å². The number of likely N-dealkylation sites (tertiary alicyclic amines) is 1. The summed E-state index contributed by atoms with van der Waals surface area (Å²) in [5, 5.41) is 5.17. The number of nitrogens with one attached hydrogen (secondary N) is 1. The van der Waals surface area contributed by atoms with E-state index < -0.39 is 6.04 Å². The zero-order chi connectivity index (χ0) is 27.4. The number of benzene rings is 1. The number of carbonyl (C=O) groups is 2. The maximum atomic E-state index is 13.4. The van der Waals surface area contributed by atoms with E-state index >= 15 is 0 Å². The van der Waals surface area contributed by atoms with Crippen LogP contribution in [0.15, 0.2) is 35.7 Å². The highest BCUT2D eigenvalue weighted by molar-refractivity contribution is 7.09. The highest BCUT2D eigenvalue weighted by atomic mass is 32.1. The molecule has 7 nitrogen and oxygen atoms in total. The average Bonchev–Trinajstić information content (AvgIpc) is 3.64. The molecule has 4 rings (SSSR count). The third-order valence-corrected chi connectivity index (χ3v) is 8.64. The molecule has 0 saturated carbocycles. The second kappa shape index (κ2) is 12.4. The molecule has 2 aromatic heterocycles. The lowest BCUT2D eigenvalue weighted by atomic mass is 10.0. The summed E-state index contributed by atoms with van der Waals surface area (Å²) in [6.07, 6.45) is 4.39. The Kier molecular flexibility index (Phi) is 9.26. The molecule has 1 N–H and O–H groups in total. The fraction of sp³-hybridized carbons (Fsp3) is 0.567. The molecule has 2 atom stereocenters. The number of imidazole rings is 1. The first-order chi connectivity index (χ1) is 18.2. The Labute approximate surface area is 231 Å². The number of nitrogens with zero attached hydrogens (tertiary/aromatic N) is 4. The van der Waals surface area contributed by atoms with Crippen LogP contribution in [0.25, 0.3) is 11.0 Å². The maximum absolute atomic E-state index is 13.4. The van der Waals surface area contributed by atoms with Crippen molar-refractivity contribution in [2.24, 2.45) is 5.92 Å². The number of fused-ring (bicyclic) bond motifs is 1. The van der Waals surface area contributed by atoms with Crippen LogP contribution in [0, 0.1) is 5.92 Å². The molecule has 38 heavy (non-hydrogen) atoms. The van der Waals surface area contributed by atoms with Crippen molar-refractivity contribution in [3.05, 3.63) is 52.0 Å². The molecule has 2 amide bonds. The van der Waals surface area contributed by atoms with Crippen molar-refractivity contribution in [1.82, 2.24) is 24.7 Å². The number of hydrogen-bond donors (Lipinski definition) is 1. The lowest BCUT2D eigenvalue weighted by Crippen LogP contribution is -2.49. The van der Waals surface area contributed by atoms with Crippen LogP contribution in [-0.4, -0.2) is 70.4 Å². The van der Waals surface area contributed by atoms with Crippen molar-refractivity contribution in [3.8, 4) is 0 Å². The van der Waals surface area contributed by atoms with E-state index in [-0.39, 0.29) is 17.7 Å². The predicted octanol–water partition coefficient (Wildman–Crippen LogP) is 5.36. The van der Waals surface area contributed by atoms with Gasteiger partial charge in [-0.15, -0.1) is 11.3 Å². The van der Waals surface area contributed by atoms with Gasteiger partial charge < -0.3 is 19.7 Å². The zero-order valence-electron chi connectivity index (χ0n) is 23.7. The topological polar surface area (TPSA) is 70.5 Å². The fourth-order valence-corrected chi connectivity index (χ4v) is 6.26. The molecule has 1 aromatic carbocycles. The molecular formula is C30H43N5O2S. The molecule has 1 aliphatic heterocycles. The molecule has 8 heteroatoms. The number of likely N-dealkylation sites (N-methyl/N-ethyl adjacent to an activating group) is 1. The van der Waals surface area contributed by atoms with Crippen molar-refractivity contribution in [1.29, 1.82) is 0 Å². The van der Waals surface area contributed by atoms with Crippen LogP contribution in [-0.2, 0) is 11.2 Å². The third kappa shape index (κ3) is 6.29. The van der Waals surface area contributed by atoms with E-state index in [1.165, 1.54) is 4.88 Å². The van der Waals surface area contributed by atoms with Gasteiger partial charge in [-0.05, 0) is 75.3 Å². The molecule has 3 heterocycles. The normalized spacial score (nSPS) is 16.8. The van der Waals surface area contributed by atoms with Crippen LogP contribution in [0.2, 0.25) is 0 Å². The van der Waals surface area contributed by atoms with Gasteiger partial charge in [-0.3, -0.25) is 9.59 Å². The summed E-state index contributed by atoms with van der Waals surface area (Å²) in [5.74, 6) is 1.13. The lowest BCUT2D eigenvalue weighted by Gasteiger charge is -2.26. The number of amides is 2. The van der Waals surface area contributed by atoms with E-state index in [9.17, 15) is 9.59 Å². The molecule has 3 aromatic rings. The number of hydrogen-bond acceptors (Lipinski definition) is 5. The molecular weight excluding hydrogens is 494 g/mol. The van der Waals surface area contributed by atoms with Gasteiger partial charge in [0, 0.05) is 42.0 Å². The number of aromatic nitrogens is 2. The smallest absolute Gasteiger partial charge is 0.252 e. The van der Waals surface area contributed by atoms with E-state index in [1.807, 2.05) is 23.1 Å². The minimum absolute atomic E-state index is 0.0220. The molecule has 0 spiro atoms. The van der Waals surface area contributed by atoms with Crippen LogP contribution in [0.5, 0.6) is 0 Å². The van der Waals surface area contributed by atoms with Crippen molar-refractivity contribution >= 4 is 34.2 Å². The summed E-state index contributed by atoms with van der Waals surface area (Å²) >= 11 is 1.74. The minimum Gasteiger partial charge on any atom is -0.340 e. The Bertz CT molecular complexity index is 1230. The molecule has 206 valence electrons. The highest BCUT2D eigenvalue weighted by Crippen LogP contribution is 2.28. The molecule has 1 fully saturated rings. The predicted molar refractivity (Wildman–Crippen MR) is 156 cm³/mol. The monoisotopic (exact) mass is 537 g/mol. The molecule has 2 unspecified atom stereocenters. The molecule has 0 aliphatic carbocycles. The van der Waals surface area contributed by atoms with Crippen molar-refractivity contribution in [2.75, 3.05) is 27.2 Å². The maximum Gasteiger partial charge on any atom is 0.252 e. The largest absolute Gasteiger partial charge is 0.340 e. The standard InChI is InChI=1S/C30H43N5O2S/c1-7-22(8-2)35-27-12-11-21(17-25(27)31-28(35)18-24-10-9-15-38-24)29(36)32-26(16-20(3)4)30(37)34-14-13-23(19-34)33(5)6/h9-12,15,17,20,22-23,26H,7-8,13-14,16,18-19H2,1-6H3,(H,32,36). The Morgan fingerprint density at radius 1 is 1.18 bits per heavy atom. The lowest BCUT2D eigenvalue weighted by molar-refractivity contribution is -0.132. The number of carbonyl (C=O) groups excluding carboxylic acids is 2. The van der Waals surface area contributed by atoms with E-state index in [0.717, 1.165) is 49.1 Å². The molecule has 0 bridgehead atoms. The summed E-state index contributed by atoms with van der Waals surface area (Å²) in [5.41, 5.74) is 2.43. The summed E-state index contributed by atoms with van der Waals surface area (Å²) in [6, 6.07) is 10.2. The first-order valence-corrected chi connectivity index (χ1v) is 14.9. The van der Waals surface area contributed by atoms with Gasteiger partial charge in [-0.1, -0.05) is 33.8 Å². The SMILES string of the molecule is CCC(CC)n1c(Cc2cccs2)nc2cc(C(=O)NC(CC(C)C)C(=O)N3CCC(N(C)C)C3)ccc21. The van der Waals surface area contributed by atoms with Gasteiger partial charge >= 0.3 is 0 Å². The number of rotatable bonds is 11. The van der Waals surface area contributed by atoms with Crippen molar-refractivity contribution < 1.29 is 9.59 Å². The summed E-state index contributed by atoms with van der Waals surface area (Å²) in [6.45, 7) is 10.0. The quantitative estimate of drug-likeness (QED) is 0.358. The van der Waals surface area contributed by atoms with Crippen LogP contribution in [0.1, 0.15) is 80.5 Å². The second-order valence-electron chi connectivity index (χ2n) is 11.2. The first-order valence-electron chi connectivity index (χ1n) is 14.0. The highest BCUT2D eigenvalue weighted by Gasteiger charge is 2.33. The summed E-state index contributed by atoms with van der Waals surface area (Å²) in [7, 11) is 4.11. The molecule has 0 radical (unpaired) electrons. The molecule has 1 aliphatic rings. The van der Waals surface area contributed by atoms with Gasteiger partial charge in [-0.2, -0.15) is 0 Å². The first kappa shape index (κ1) is 28.3. The third-order valence-electron chi connectivity index (χ3n) is 7.76. The van der Waals surface area contributed by atoms with E-state index in [0.29, 0.717) is 30.6 Å². The Balaban J connectivity index is 1.58. The van der Waals surface area contributed by atoms with E-state index in [2.05, 4.69) is 74.1 Å². The Morgan fingerprint density at radius 3 is 2.55 bits per heavy atom. The van der Waals surface area contributed by atoms with E-state index in [1.54, 1.807) is 11.3 Å². The number of thiophene rings is 1. The molecule has 1 saturated heterocycles. The van der Waals surface area contributed by atoms with Gasteiger partial charge in [0.05, 0.1) is 11.0 Å². The summed E-state index contributed by atoms with van der Waals surface area (Å²) in [4.78, 5) is 37.3. The minimum atomic E-state index is -0.532.